The van der Waals surface area contributed by atoms with E-state index in [1.807, 2.05) is 24.3 Å². The number of hydrogen-bond acceptors (Lipinski definition) is 0. The molecule has 1 aromatic carbocycles. The molecule has 0 unspecified atom stereocenters. The topological polar surface area (TPSA) is 0 Å². The Labute approximate surface area is 84.6 Å². The first-order chi connectivity index (χ1) is 5.24. The van der Waals surface area contributed by atoms with Crippen LogP contribution >= 0.6 is 39.1 Å². The average Bonchev–Trinajstić information content (AvgIpc) is 2.05. The normalized spacial score (nSPS) is 13.0. The van der Waals surface area contributed by atoms with Crippen LogP contribution in [0.1, 0.15) is 10.9 Å². The first-order valence-corrected chi connectivity index (χ1v) is 4.96. The van der Waals surface area contributed by atoms with Crippen LogP contribution in [0.4, 0.5) is 0 Å². The van der Waals surface area contributed by atoms with E-state index in [0.29, 0.717) is 5.88 Å². The Balaban J connectivity index is 2.81. The molecule has 1 atom stereocenters. The van der Waals surface area contributed by atoms with Gasteiger partial charge in [-0.3, -0.25) is 0 Å². The van der Waals surface area contributed by atoms with Crippen LogP contribution in [0.25, 0.3) is 0 Å². The van der Waals surface area contributed by atoms with E-state index in [2.05, 4.69) is 15.9 Å². The van der Waals surface area contributed by atoms with Gasteiger partial charge in [0.05, 0.1) is 5.38 Å². The van der Waals surface area contributed by atoms with Crippen molar-refractivity contribution in [3.8, 4) is 0 Å². The molecule has 0 fully saturated rings. The zero-order valence-electron chi connectivity index (χ0n) is 5.73. The van der Waals surface area contributed by atoms with Gasteiger partial charge in [0.15, 0.2) is 0 Å². The fourth-order valence-corrected chi connectivity index (χ4v) is 1.35. The molecule has 1 aromatic rings. The zero-order chi connectivity index (χ0) is 8.27. The summed E-state index contributed by atoms with van der Waals surface area (Å²) in [5.74, 6) is 0.448. The minimum absolute atomic E-state index is 0.0789. The first kappa shape index (κ1) is 9.37. The van der Waals surface area contributed by atoms with Gasteiger partial charge in [-0.05, 0) is 17.7 Å². The van der Waals surface area contributed by atoms with Crippen LogP contribution < -0.4 is 0 Å². The molecule has 1 rings (SSSR count). The maximum absolute atomic E-state index is 5.90. The van der Waals surface area contributed by atoms with Crippen molar-refractivity contribution >= 4 is 39.1 Å². The Morgan fingerprint density at radius 3 is 2.27 bits per heavy atom. The Bertz CT molecular complexity index is 220. The molecular weight excluding hydrogens is 247 g/mol. The summed E-state index contributed by atoms with van der Waals surface area (Å²) in [4.78, 5) is 0. The van der Waals surface area contributed by atoms with Gasteiger partial charge >= 0.3 is 0 Å². The molecule has 0 heterocycles. The van der Waals surface area contributed by atoms with Crippen molar-refractivity contribution in [3.05, 3.63) is 34.3 Å². The van der Waals surface area contributed by atoms with E-state index in [9.17, 15) is 0 Å². The van der Waals surface area contributed by atoms with Crippen molar-refractivity contribution < 1.29 is 0 Å². The summed E-state index contributed by atoms with van der Waals surface area (Å²) < 4.78 is 1.06. The summed E-state index contributed by atoms with van der Waals surface area (Å²) in [5, 5.41) is -0.0789. The van der Waals surface area contributed by atoms with Crippen LogP contribution in [-0.4, -0.2) is 5.88 Å². The third-order valence-electron chi connectivity index (χ3n) is 1.37. The van der Waals surface area contributed by atoms with Gasteiger partial charge in [0, 0.05) is 10.4 Å². The zero-order valence-corrected chi connectivity index (χ0v) is 8.83. The van der Waals surface area contributed by atoms with Crippen LogP contribution in [0.3, 0.4) is 0 Å². The van der Waals surface area contributed by atoms with Crippen LogP contribution in [0.15, 0.2) is 28.7 Å². The van der Waals surface area contributed by atoms with Crippen molar-refractivity contribution in [1.29, 1.82) is 0 Å². The lowest BCUT2D eigenvalue weighted by atomic mass is 10.2. The largest absolute Gasteiger partial charge is 0.125 e. The lowest BCUT2D eigenvalue weighted by molar-refractivity contribution is 1.09. The summed E-state index contributed by atoms with van der Waals surface area (Å²) in [7, 11) is 0. The van der Waals surface area contributed by atoms with Gasteiger partial charge in [-0.15, -0.1) is 23.2 Å². The summed E-state index contributed by atoms with van der Waals surface area (Å²) in [5.41, 5.74) is 1.06. The maximum Gasteiger partial charge on any atom is 0.0720 e. The molecule has 3 heteroatoms. The van der Waals surface area contributed by atoms with Crippen LogP contribution in [-0.2, 0) is 0 Å². The molecule has 60 valence electrons. The van der Waals surface area contributed by atoms with Crippen molar-refractivity contribution in [2.45, 2.75) is 5.38 Å². The molecule has 0 aliphatic carbocycles. The Kier molecular flexibility index (Phi) is 3.70. The van der Waals surface area contributed by atoms with Gasteiger partial charge in [0.25, 0.3) is 0 Å². The third kappa shape index (κ3) is 2.66. The average molecular weight is 254 g/mol. The van der Waals surface area contributed by atoms with E-state index < -0.39 is 0 Å². The Morgan fingerprint density at radius 2 is 1.82 bits per heavy atom. The van der Waals surface area contributed by atoms with E-state index in [1.54, 1.807) is 0 Å². The number of benzene rings is 1. The van der Waals surface area contributed by atoms with Crippen molar-refractivity contribution in [2.75, 3.05) is 5.88 Å². The SMILES string of the molecule is ClC[C@@H](Cl)c1ccc(Br)cc1. The van der Waals surface area contributed by atoms with Gasteiger partial charge in [0.2, 0.25) is 0 Å². The summed E-state index contributed by atoms with van der Waals surface area (Å²) in [6.45, 7) is 0. The third-order valence-corrected chi connectivity index (χ3v) is 2.77. The minimum Gasteiger partial charge on any atom is -0.125 e. The number of alkyl halides is 2. The molecule has 0 aromatic heterocycles. The van der Waals surface area contributed by atoms with Crippen LogP contribution in [0.2, 0.25) is 0 Å². The van der Waals surface area contributed by atoms with E-state index >= 15 is 0 Å². The van der Waals surface area contributed by atoms with Crippen LogP contribution in [0, 0.1) is 0 Å². The standard InChI is InChI=1S/C8H7BrCl2/c9-7-3-1-6(2-4-7)8(11)5-10/h1-4,8H,5H2/t8-/m1/s1. The highest BCUT2D eigenvalue weighted by Gasteiger charge is 2.04. The van der Waals surface area contributed by atoms with Crippen molar-refractivity contribution in [3.63, 3.8) is 0 Å². The predicted molar refractivity (Wildman–Crippen MR) is 53.5 cm³/mol. The van der Waals surface area contributed by atoms with E-state index in [4.69, 9.17) is 23.2 Å². The van der Waals surface area contributed by atoms with Gasteiger partial charge in [-0.25, -0.2) is 0 Å². The van der Waals surface area contributed by atoms with E-state index in [0.717, 1.165) is 10.0 Å². The number of rotatable bonds is 2. The summed E-state index contributed by atoms with van der Waals surface area (Å²) in [6, 6.07) is 7.84. The van der Waals surface area contributed by atoms with Gasteiger partial charge in [0.1, 0.15) is 0 Å². The fraction of sp³-hybridized carbons (Fsp3) is 0.250. The lowest BCUT2D eigenvalue weighted by Gasteiger charge is -2.04. The molecule has 0 bridgehead atoms. The molecule has 0 aliphatic rings. The van der Waals surface area contributed by atoms with Crippen molar-refractivity contribution in [2.24, 2.45) is 0 Å². The Morgan fingerprint density at radius 1 is 1.27 bits per heavy atom. The smallest absolute Gasteiger partial charge is 0.0720 e. The Hall–Kier alpha value is 0.280. The summed E-state index contributed by atoms with van der Waals surface area (Å²) in [6.07, 6.45) is 0. The molecule has 0 N–H and O–H groups in total. The van der Waals surface area contributed by atoms with Gasteiger partial charge < -0.3 is 0 Å². The highest BCUT2D eigenvalue weighted by Crippen LogP contribution is 2.22. The van der Waals surface area contributed by atoms with Gasteiger partial charge in [-0.1, -0.05) is 28.1 Å². The molecule has 0 radical (unpaired) electrons. The maximum atomic E-state index is 5.90. The van der Waals surface area contributed by atoms with E-state index in [1.165, 1.54) is 0 Å². The lowest BCUT2D eigenvalue weighted by Crippen LogP contribution is -1.89. The minimum atomic E-state index is -0.0789. The highest BCUT2D eigenvalue weighted by molar-refractivity contribution is 9.10. The second kappa shape index (κ2) is 4.34. The quantitative estimate of drug-likeness (QED) is 0.700. The summed E-state index contributed by atoms with van der Waals surface area (Å²) >= 11 is 14.8. The molecule has 0 spiro atoms. The first-order valence-electron chi connectivity index (χ1n) is 3.19. The second-order valence-corrected chi connectivity index (χ2v) is 3.92. The monoisotopic (exact) mass is 252 g/mol. The molecule has 11 heavy (non-hydrogen) atoms. The predicted octanol–water partition coefficient (Wildman–Crippen LogP) is 3.97. The van der Waals surface area contributed by atoms with Crippen LogP contribution in [0.5, 0.6) is 0 Å². The number of hydrogen-bond donors (Lipinski definition) is 0. The van der Waals surface area contributed by atoms with Gasteiger partial charge in [-0.2, -0.15) is 0 Å². The molecular formula is C8H7BrCl2. The molecule has 0 nitrogen and oxygen atoms in total. The highest BCUT2D eigenvalue weighted by atomic mass is 79.9. The molecule has 0 amide bonds. The molecule has 0 saturated carbocycles. The fourth-order valence-electron chi connectivity index (χ4n) is 0.761. The number of halogens is 3. The second-order valence-electron chi connectivity index (χ2n) is 2.17. The van der Waals surface area contributed by atoms with E-state index in [-0.39, 0.29) is 5.38 Å². The molecule has 0 saturated heterocycles. The van der Waals surface area contributed by atoms with Crippen molar-refractivity contribution in [1.82, 2.24) is 0 Å². The molecule has 0 aliphatic heterocycles.